The zero-order valence-corrected chi connectivity index (χ0v) is 22.5. The third kappa shape index (κ3) is 5.39. The molecule has 6 nitrogen and oxygen atoms in total. The van der Waals surface area contributed by atoms with Crippen molar-refractivity contribution in [3.63, 3.8) is 0 Å². The quantitative estimate of drug-likeness (QED) is 0.256. The van der Waals surface area contributed by atoms with Gasteiger partial charge < -0.3 is 14.7 Å². The average Bonchev–Trinajstić information content (AvgIpc) is 3.18. The van der Waals surface area contributed by atoms with E-state index in [1.165, 1.54) is 0 Å². The van der Waals surface area contributed by atoms with E-state index in [1.807, 2.05) is 53.4 Å². The topological polar surface area (TPSA) is 70.1 Å². The molecule has 0 spiro atoms. The molecule has 38 heavy (non-hydrogen) atoms. The zero-order chi connectivity index (χ0) is 26.7. The molecular formula is C30H30Cl2N2O4. The molecule has 0 unspecified atom stereocenters. The van der Waals surface area contributed by atoms with Crippen molar-refractivity contribution in [2.45, 2.75) is 31.3 Å². The number of hydrogen-bond donors (Lipinski definition) is 1. The Hall–Kier alpha value is -3.06. The lowest BCUT2D eigenvalue weighted by molar-refractivity contribution is -0.132. The fourth-order valence-electron chi connectivity index (χ4n) is 5.73. The van der Waals surface area contributed by atoms with Crippen LogP contribution in [0.2, 0.25) is 10.0 Å². The van der Waals surface area contributed by atoms with Crippen molar-refractivity contribution >= 4 is 35.3 Å². The van der Waals surface area contributed by atoms with E-state index < -0.39 is 11.8 Å². The molecule has 5 rings (SSSR count). The summed E-state index contributed by atoms with van der Waals surface area (Å²) in [5, 5.41) is 10.7. The number of unbranched alkanes of at least 4 members (excludes halogenated alkanes) is 1. The molecule has 0 bridgehead atoms. The van der Waals surface area contributed by atoms with Crippen molar-refractivity contribution in [3.8, 4) is 11.1 Å². The minimum Gasteiger partial charge on any atom is -0.450 e. The molecule has 0 radical (unpaired) electrons. The maximum absolute atomic E-state index is 12.8. The molecule has 198 valence electrons. The Kier molecular flexibility index (Phi) is 7.93. The molecule has 1 heterocycles. The highest BCUT2D eigenvalue weighted by molar-refractivity contribution is 6.35. The van der Waals surface area contributed by atoms with Gasteiger partial charge in [0.05, 0.1) is 6.42 Å². The second kappa shape index (κ2) is 11.4. The predicted octanol–water partition coefficient (Wildman–Crippen LogP) is 6.47. The molecule has 1 fully saturated rings. The van der Waals surface area contributed by atoms with E-state index in [-0.39, 0.29) is 12.3 Å². The second-order valence-corrected chi connectivity index (χ2v) is 10.7. The van der Waals surface area contributed by atoms with Crippen LogP contribution >= 0.6 is 23.2 Å². The van der Waals surface area contributed by atoms with Crippen LogP contribution in [0.3, 0.4) is 0 Å². The van der Waals surface area contributed by atoms with E-state index in [0.717, 1.165) is 60.3 Å². The number of halogens is 2. The van der Waals surface area contributed by atoms with Crippen LogP contribution in [0.15, 0.2) is 66.7 Å². The van der Waals surface area contributed by atoms with Crippen LogP contribution in [-0.2, 0) is 21.6 Å². The summed E-state index contributed by atoms with van der Waals surface area (Å²) in [7, 11) is 0. The highest BCUT2D eigenvalue weighted by Gasteiger charge is 2.46. The van der Waals surface area contributed by atoms with E-state index in [1.54, 1.807) is 18.2 Å². The highest BCUT2D eigenvalue weighted by atomic mass is 35.5. The Morgan fingerprint density at radius 3 is 2.11 bits per heavy atom. The summed E-state index contributed by atoms with van der Waals surface area (Å²) in [5.74, 6) is 0.0696. The van der Waals surface area contributed by atoms with Gasteiger partial charge in [0.1, 0.15) is 0 Å². The molecule has 0 aromatic heterocycles. The molecule has 2 aliphatic rings. The number of ether oxygens (including phenoxy) is 1. The van der Waals surface area contributed by atoms with Crippen molar-refractivity contribution in [2.24, 2.45) is 0 Å². The number of nitrogens with zero attached hydrogens (tertiary/aromatic N) is 2. The third-order valence-electron chi connectivity index (χ3n) is 7.61. The van der Waals surface area contributed by atoms with Crippen LogP contribution in [0.1, 0.15) is 36.0 Å². The van der Waals surface area contributed by atoms with Crippen LogP contribution in [0.5, 0.6) is 0 Å². The molecule has 0 atom stereocenters. The van der Waals surface area contributed by atoms with Crippen molar-refractivity contribution in [3.05, 3.63) is 93.5 Å². The standard InChI is InChI=1S/C30H30Cl2N2O4/c31-22-12-11-21(27(32)20-22)19-28(35)34-17-15-33(16-18-34)14-6-5-13-30(38-29(36)37)25-9-3-1-7-23(25)24-8-2-4-10-26(24)30/h1-4,7-12,20H,5-6,13-19H2,(H,36,37). The minimum absolute atomic E-state index is 0.0696. The monoisotopic (exact) mass is 552 g/mol. The number of carbonyl (C=O) groups is 2. The molecule has 1 aliphatic carbocycles. The SMILES string of the molecule is O=C(O)OC1(CCCCN2CCN(C(=O)Cc3ccc(Cl)cc3Cl)CC2)c2ccccc2-c2ccccc21. The van der Waals surface area contributed by atoms with Gasteiger partial charge in [-0.25, -0.2) is 4.79 Å². The van der Waals surface area contributed by atoms with Crippen LogP contribution in [-0.4, -0.2) is 59.7 Å². The summed E-state index contributed by atoms with van der Waals surface area (Å²) in [6, 6.07) is 21.1. The molecule has 8 heteroatoms. The van der Waals surface area contributed by atoms with Gasteiger partial charge in [0.25, 0.3) is 0 Å². The number of hydrogen-bond acceptors (Lipinski definition) is 4. The summed E-state index contributed by atoms with van der Waals surface area (Å²) in [5.41, 5.74) is 3.69. The van der Waals surface area contributed by atoms with Crippen LogP contribution in [0, 0.1) is 0 Å². The summed E-state index contributed by atoms with van der Waals surface area (Å²) >= 11 is 12.2. The number of carboxylic acid groups (broad SMARTS) is 1. The van der Waals surface area contributed by atoms with Crippen LogP contribution in [0.4, 0.5) is 4.79 Å². The maximum atomic E-state index is 12.8. The molecule has 3 aromatic rings. The Bertz CT molecular complexity index is 1290. The first-order chi connectivity index (χ1) is 18.4. The van der Waals surface area contributed by atoms with Gasteiger partial charge in [-0.1, -0.05) is 77.8 Å². The van der Waals surface area contributed by atoms with E-state index >= 15 is 0 Å². The van der Waals surface area contributed by atoms with Gasteiger partial charge in [0.2, 0.25) is 5.91 Å². The molecule has 0 saturated carbocycles. The van der Waals surface area contributed by atoms with Crippen LogP contribution in [0.25, 0.3) is 11.1 Å². The second-order valence-electron chi connectivity index (χ2n) is 9.88. The molecule has 1 N–H and O–H groups in total. The fraction of sp³-hybridized carbons (Fsp3) is 0.333. The number of fused-ring (bicyclic) bond motifs is 3. The number of piperazine rings is 1. The lowest BCUT2D eigenvalue weighted by Crippen LogP contribution is -2.49. The first-order valence-corrected chi connectivity index (χ1v) is 13.7. The van der Waals surface area contributed by atoms with Gasteiger partial charge in [-0.05, 0) is 54.6 Å². The molecular weight excluding hydrogens is 523 g/mol. The number of amides is 1. The van der Waals surface area contributed by atoms with Gasteiger partial charge in [0.15, 0.2) is 5.60 Å². The number of benzene rings is 3. The van der Waals surface area contributed by atoms with E-state index in [4.69, 9.17) is 27.9 Å². The summed E-state index contributed by atoms with van der Waals surface area (Å²) in [6.45, 7) is 3.86. The smallest absolute Gasteiger partial charge is 0.450 e. The zero-order valence-electron chi connectivity index (χ0n) is 21.0. The van der Waals surface area contributed by atoms with E-state index in [0.29, 0.717) is 29.6 Å². The number of rotatable bonds is 8. The predicted molar refractivity (Wildman–Crippen MR) is 149 cm³/mol. The summed E-state index contributed by atoms with van der Waals surface area (Å²) in [6.07, 6.45) is 1.29. The third-order valence-corrected chi connectivity index (χ3v) is 8.20. The molecule has 1 saturated heterocycles. The lowest BCUT2D eigenvalue weighted by atomic mass is 9.86. The number of carbonyl (C=O) groups excluding carboxylic acids is 1. The van der Waals surface area contributed by atoms with Gasteiger partial charge in [-0.3, -0.25) is 9.69 Å². The first-order valence-electron chi connectivity index (χ1n) is 12.9. The largest absolute Gasteiger partial charge is 0.507 e. The highest BCUT2D eigenvalue weighted by Crippen LogP contribution is 2.52. The summed E-state index contributed by atoms with van der Waals surface area (Å²) in [4.78, 5) is 28.9. The van der Waals surface area contributed by atoms with Gasteiger partial charge in [-0.15, -0.1) is 0 Å². The van der Waals surface area contributed by atoms with Crippen LogP contribution < -0.4 is 0 Å². The van der Waals surface area contributed by atoms with Gasteiger partial charge >= 0.3 is 6.16 Å². The van der Waals surface area contributed by atoms with Gasteiger partial charge in [0, 0.05) is 47.4 Å². The van der Waals surface area contributed by atoms with Crippen molar-refractivity contribution < 1.29 is 19.4 Å². The van der Waals surface area contributed by atoms with Gasteiger partial charge in [-0.2, -0.15) is 0 Å². The van der Waals surface area contributed by atoms with Crippen molar-refractivity contribution in [2.75, 3.05) is 32.7 Å². The fourth-order valence-corrected chi connectivity index (χ4v) is 6.21. The average molecular weight is 553 g/mol. The van der Waals surface area contributed by atoms with Crippen molar-refractivity contribution in [1.29, 1.82) is 0 Å². The molecule has 1 aliphatic heterocycles. The first kappa shape index (κ1) is 26.5. The Balaban J connectivity index is 1.16. The Morgan fingerprint density at radius 1 is 0.868 bits per heavy atom. The van der Waals surface area contributed by atoms with Crippen molar-refractivity contribution in [1.82, 2.24) is 9.80 Å². The lowest BCUT2D eigenvalue weighted by Gasteiger charge is -2.35. The summed E-state index contributed by atoms with van der Waals surface area (Å²) < 4.78 is 5.69. The normalized spacial score (nSPS) is 16.1. The molecule has 3 aromatic carbocycles. The minimum atomic E-state index is -1.27. The maximum Gasteiger partial charge on any atom is 0.507 e. The van der Waals surface area contributed by atoms with E-state index in [9.17, 15) is 14.7 Å². The Morgan fingerprint density at radius 2 is 1.50 bits per heavy atom. The van der Waals surface area contributed by atoms with E-state index in [2.05, 4.69) is 4.90 Å². The molecule has 1 amide bonds. The Labute approximate surface area is 232 Å².